The highest BCUT2D eigenvalue weighted by Gasteiger charge is 2.13. The van der Waals surface area contributed by atoms with E-state index in [1.807, 2.05) is 12.3 Å². The van der Waals surface area contributed by atoms with Crippen LogP contribution < -0.4 is 10.9 Å². The van der Waals surface area contributed by atoms with Gasteiger partial charge < -0.3 is 10.1 Å². The molecule has 2 heterocycles. The summed E-state index contributed by atoms with van der Waals surface area (Å²) < 4.78 is 6.79. The number of aryl methyl sites for hydroxylation is 1. The average molecular weight is 454 g/mol. The smallest absolute Gasteiger partial charge is 0.338 e. The summed E-state index contributed by atoms with van der Waals surface area (Å²) in [6.45, 7) is 1.71. The molecule has 7 nitrogen and oxygen atoms in total. The summed E-state index contributed by atoms with van der Waals surface area (Å²) in [5.74, 6) is -0.911. The van der Waals surface area contributed by atoms with Crippen LogP contribution in [0, 0.1) is 6.92 Å². The maximum atomic E-state index is 12.3. The number of aromatic nitrogens is 2. The standard InChI is InChI=1S/C22H16ClN3O4S/c1-13-12-31-22-25-16(10-19(27)26(13)22)11-30-21(29)14-6-8-15(9-7-14)24-20(28)17-4-2-3-5-18(17)23/h2-10,12H,11H2,1H3,(H,24,28). The Morgan fingerprint density at radius 1 is 1.16 bits per heavy atom. The number of halogens is 1. The molecule has 0 aliphatic heterocycles. The minimum absolute atomic E-state index is 0.119. The predicted octanol–water partition coefficient (Wildman–Crippen LogP) is 4.33. The van der Waals surface area contributed by atoms with E-state index in [1.54, 1.807) is 48.5 Å². The monoisotopic (exact) mass is 453 g/mol. The third-order valence-electron chi connectivity index (χ3n) is 4.48. The number of benzene rings is 2. The second kappa shape index (κ2) is 8.71. The Morgan fingerprint density at radius 2 is 1.90 bits per heavy atom. The first-order valence-corrected chi connectivity index (χ1v) is 10.5. The molecule has 9 heteroatoms. The second-order valence-electron chi connectivity index (χ2n) is 6.67. The molecule has 0 unspecified atom stereocenters. The van der Waals surface area contributed by atoms with Crippen LogP contribution in [0.3, 0.4) is 0 Å². The average Bonchev–Trinajstić information content (AvgIpc) is 3.14. The summed E-state index contributed by atoms with van der Waals surface area (Å²) in [5, 5.41) is 4.92. The Balaban J connectivity index is 1.40. The number of amides is 1. The zero-order valence-electron chi connectivity index (χ0n) is 16.3. The number of nitrogens with one attached hydrogen (secondary N) is 1. The molecule has 31 heavy (non-hydrogen) atoms. The Hall–Kier alpha value is -3.49. The van der Waals surface area contributed by atoms with E-state index in [-0.39, 0.29) is 18.1 Å². The summed E-state index contributed by atoms with van der Waals surface area (Å²) in [6, 6.07) is 14.3. The molecular formula is C22H16ClN3O4S. The number of esters is 1. The zero-order valence-corrected chi connectivity index (χ0v) is 17.9. The van der Waals surface area contributed by atoms with E-state index in [0.717, 1.165) is 5.69 Å². The molecule has 2 aromatic carbocycles. The number of ether oxygens (including phenoxy) is 1. The molecule has 156 valence electrons. The molecule has 4 aromatic rings. The molecule has 0 bridgehead atoms. The van der Waals surface area contributed by atoms with Crippen molar-refractivity contribution in [3.8, 4) is 0 Å². The third kappa shape index (κ3) is 4.50. The molecule has 0 atom stereocenters. The number of hydrogen-bond acceptors (Lipinski definition) is 6. The number of carbonyl (C=O) groups is 2. The molecule has 0 saturated carbocycles. The van der Waals surface area contributed by atoms with Crippen molar-refractivity contribution >= 4 is 45.5 Å². The van der Waals surface area contributed by atoms with E-state index in [2.05, 4.69) is 10.3 Å². The molecule has 0 radical (unpaired) electrons. The van der Waals surface area contributed by atoms with Crippen molar-refractivity contribution in [1.82, 2.24) is 9.38 Å². The topological polar surface area (TPSA) is 89.8 Å². The number of carbonyl (C=O) groups excluding carboxylic acids is 2. The molecule has 0 aliphatic rings. The van der Waals surface area contributed by atoms with Crippen molar-refractivity contribution in [2.24, 2.45) is 0 Å². The van der Waals surface area contributed by atoms with Gasteiger partial charge >= 0.3 is 5.97 Å². The highest BCUT2D eigenvalue weighted by atomic mass is 35.5. The van der Waals surface area contributed by atoms with Crippen molar-refractivity contribution in [3.05, 3.63) is 97.9 Å². The van der Waals surface area contributed by atoms with Crippen LogP contribution in [0.4, 0.5) is 5.69 Å². The van der Waals surface area contributed by atoms with Gasteiger partial charge in [-0.3, -0.25) is 14.0 Å². The lowest BCUT2D eigenvalue weighted by molar-refractivity contribution is 0.0467. The van der Waals surface area contributed by atoms with Crippen LogP contribution in [-0.2, 0) is 11.3 Å². The fraction of sp³-hybridized carbons (Fsp3) is 0.0909. The van der Waals surface area contributed by atoms with E-state index >= 15 is 0 Å². The highest BCUT2D eigenvalue weighted by molar-refractivity contribution is 7.15. The van der Waals surface area contributed by atoms with Gasteiger partial charge in [-0.05, 0) is 43.3 Å². The first-order chi connectivity index (χ1) is 14.9. The van der Waals surface area contributed by atoms with Crippen LogP contribution in [0.2, 0.25) is 5.02 Å². The second-order valence-corrected chi connectivity index (χ2v) is 7.91. The number of hydrogen-bond donors (Lipinski definition) is 1. The van der Waals surface area contributed by atoms with E-state index in [1.165, 1.54) is 21.8 Å². The van der Waals surface area contributed by atoms with Gasteiger partial charge in [-0.15, -0.1) is 11.3 Å². The molecule has 1 amide bonds. The lowest BCUT2D eigenvalue weighted by Gasteiger charge is -2.08. The number of thiazole rings is 1. The van der Waals surface area contributed by atoms with E-state index in [0.29, 0.717) is 32.5 Å². The molecule has 0 aliphatic carbocycles. The lowest BCUT2D eigenvalue weighted by Crippen LogP contribution is -2.16. The predicted molar refractivity (Wildman–Crippen MR) is 119 cm³/mol. The zero-order chi connectivity index (χ0) is 22.0. The van der Waals surface area contributed by atoms with Crippen molar-refractivity contribution < 1.29 is 14.3 Å². The molecule has 1 N–H and O–H groups in total. The van der Waals surface area contributed by atoms with Gasteiger partial charge in [-0.1, -0.05) is 23.7 Å². The van der Waals surface area contributed by atoms with Crippen LogP contribution in [-0.4, -0.2) is 21.3 Å². The van der Waals surface area contributed by atoms with Crippen LogP contribution in [0.15, 0.2) is 64.8 Å². The van der Waals surface area contributed by atoms with Gasteiger partial charge in [0.25, 0.3) is 11.5 Å². The number of nitrogens with zero attached hydrogens (tertiary/aromatic N) is 2. The Bertz CT molecular complexity index is 1350. The van der Waals surface area contributed by atoms with Gasteiger partial charge in [0.05, 0.1) is 21.8 Å². The van der Waals surface area contributed by atoms with Gasteiger partial charge in [0.2, 0.25) is 0 Å². The first-order valence-electron chi connectivity index (χ1n) is 9.22. The van der Waals surface area contributed by atoms with Crippen molar-refractivity contribution in [2.45, 2.75) is 13.5 Å². The molecule has 2 aromatic heterocycles. The van der Waals surface area contributed by atoms with Gasteiger partial charge in [-0.25, -0.2) is 9.78 Å². The largest absolute Gasteiger partial charge is 0.456 e. The molecule has 0 fully saturated rings. The fourth-order valence-electron chi connectivity index (χ4n) is 2.93. The Kier molecular flexibility index (Phi) is 5.83. The van der Waals surface area contributed by atoms with Crippen LogP contribution in [0.25, 0.3) is 4.96 Å². The summed E-state index contributed by atoms with van der Waals surface area (Å²) in [5.41, 5.74) is 2.14. The number of rotatable bonds is 5. The number of anilines is 1. The molecular weight excluding hydrogens is 438 g/mol. The highest BCUT2D eigenvalue weighted by Crippen LogP contribution is 2.18. The van der Waals surface area contributed by atoms with Gasteiger partial charge in [0.15, 0.2) is 4.96 Å². The summed E-state index contributed by atoms with van der Waals surface area (Å²) in [6.07, 6.45) is 0. The minimum atomic E-state index is -0.562. The molecule has 0 saturated heterocycles. The van der Waals surface area contributed by atoms with Crippen molar-refractivity contribution in [2.75, 3.05) is 5.32 Å². The third-order valence-corrected chi connectivity index (χ3v) is 5.75. The quantitative estimate of drug-likeness (QED) is 0.454. The van der Waals surface area contributed by atoms with Crippen LogP contribution >= 0.6 is 22.9 Å². The van der Waals surface area contributed by atoms with Crippen molar-refractivity contribution in [3.63, 3.8) is 0 Å². The normalized spacial score (nSPS) is 10.8. The van der Waals surface area contributed by atoms with Crippen LogP contribution in [0.5, 0.6) is 0 Å². The molecule has 0 spiro atoms. The van der Waals surface area contributed by atoms with Gasteiger partial charge in [-0.2, -0.15) is 0 Å². The lowest BCUT2D eigenvalue weighted by atomic mass is 10.2. The summed E-state index contributed by atoms with van der Waals surface area (Å²) in [7, 11) is 0. The SMILES string of the molecule is Cc1csc2nc(COC(=O)c3ccc(NC(=O)c4ccccc4Cl)cc3)cc(=O)n12. The van der Waals surface area contributed by atoms with Gasteiger partial charge in [0.1, 0.15) is 6.61 Å². The number of fused-ring (bicyclic) bond motifs is 1. The molecule has 4 rings (SSSR count). The minimum Gasteiger partial charge on any atom is -0.456 e. The van der Waals surface area contributed by atoms with Crippen molar-refractivity contribution in [1.29, 1.82) is 0 Å². The van der Waals surface area contributed by atoms with Crippen LogP contribution in [0.1, 0.15) is 32.1 Å². The Morgan fingerprint density at radius 3 is 2.65 bits per heavy atom. The first kappa shape index (κ1) is 20.8. The van der Waals surface area contributed by atoms with E-state index < -0.39 is 5.97 Å². The van der Waals surface area contributed by atoms with E-state index in [9.17, 15) is 14.4 Å². The summed E-state index contributed by atoms with van der Waals surface area (Å²) >= 11 is 7.38. The maximum Gasteiger partial charge on any atom is 0.338 e. The van der Waals surface area contributed by atoms with Gasteiger partial charge in [0, 0.05) is 22.8 Å². The fourth-order valence-corrected chi connectivity index (χ4v) is 4.04. The maximum absolute atomic E-state index is 12.3. The van der Waals surface area contributed by atoms with E-state index in [4.69, 9.17) is 16.3 Å². The summed E-state index contributed by atoms with van der Waals surface area (Å²) in [4.78, 5) is 41.7. The Labute approximate surface area is 185 Å².